The van der Waals surface area contributed by atoms with Crippen molar-refractivity contribution in [1.29, 1.82) is 0 Å². The first-order chi connectivity index (χ1) is 20.7. The lowest BCUT2D eigenvalue weighted by molar-refractivity contribution is -0.142. The van der Waals surface area contributed by atoms with E-state index < -0.39 is 24.0 Å². The molecule has 0 aliphatic rings. The van der Waals surface area contributed by atoms with E-state index in [0.29, 0.717) is 32.4 Å². The Bertz CT molecular complexity index is 779. The Morgan fingerprint density at radius 3 is 1.58 bits per heavy atom. The molecule has 0 aromatic carbocycles. The quantitative estimate of drug-likeness (QED) is 0.0624. The van der Waals surface area contributed by atoms with Gasteiger partial charge in [-0.3, -0.25) is 19.2 Å². The van der Waals surface area contributed by atoms with Gasteiger partial charge in [0.25, 0.3) is 0 Å². The number of nitrogens with one attached hydrogen (secondary N) is 3. The van der Waals surface area contributed by atoms with E-state index >= 15 is 0 Å². The largest absolute Gasteiger partial charge is 0.481 e. The summed E-state index contributed by atoms with van der Waals surface area (Å²) < 4.78 is 0. The van der Waals surface area contributed by atoms with Gasteiger partial charge in [0.2, 0.25) is 17.7 Å². The van der Waals surface area contributed by atoms with E-state index in [1.54, 1.807) is 0 Å². The minimum Gasteiger partial charge on any atom is -0.481 e. The summed E-state index contributed by atoms with van der Waals surface area (Å²) in [6, 6.07) is -1.65. The van der Waals surface area contributed by atoms with Crippen molar-refractivity contribution in [2.75, 3.05) is 13.1 Å². The fourth-order valence-corrected chi connectivity index (χ4v) is 4.80. The average molecular weight is 613 g/mol. The summed E-state index contributed by atoms with van der Waals surface area (Å²) in [4.78, 5) is 58.1. The lowest BCUT2D eigenvalue weighted by Crippen LogP contribution is -2.41. The lowest BCUT2D eigenvalue weighted by atomic mass is 10.0. The number of unbranched alkanes of at least 4 members (excludes halogenated alkanes) is 14. The Labute approximate surface area is 258 Å². The zero-order valence-corrected chi connectivity index (χ0v) is 26.6. The molecule has 0 aromatic heterocycles. The van der Waals surface area contributed by atoms with Gasteiger partial charge in [0.05, 0.1) is 6.04 Å². The number of rotatable bonds is 30. The van der Waals surface area contributed by atoms with Gasteiger partial charge in [0, 0.05) is 32.4 Å². The SMILES string of the molecule is CCCNC(=O)[C@@H](N)CCCCNC(=O)CC[C@H](NC(=O)CCCCCCCCCCCCCCCCC(=O)O)C(=O)O. The third-order valence-electron chi connectivity index (χ3n) is 7.49. The van der Waals surface area contributed by atoms with Gasteiger partial charge >= 0.3 is 11.9 Å². The summed E-state index contributed by atoms with van der Waals surface area (Å²) in [6.45, 7) is 2.99. The van der Waals surface area contributed by atoms with Crippen LogP contribution in [0.15, 0.2) is 0 Å². The molecule has 11 nitrogen and oxygen atoms in total. The predicted molar refractivity (Wildman–Crippen MR) is 168 cm³/mol. The molecule has 0 spiro atoms. The Hall–Kier alpha value is -2.69. The monoisotopic (exact) mass is 612 g/mol. The van der Waals surface area contributed by atoms with Crippen molar-refractivity contribution in [2.45, 2.75) is 160 Å². The van der Waals surface area contributed by atoms with Crippen LogP contribution in [0, 0.1) is 0 Å². The molecule has 0 rings (SSSR count). The van der Waals surface area contributed by atoms with Crippen molar-refractivity contribution in [3.05, 3.63) is 0 Å². The maximum Gasteiger partial charge on any atom is 0.326 e. The van der Waals surface area contributed by atoms with E-state index in [1.165, 1.54) is 44.9 Å². The fraction of sp³-hybridized carbons (Fsp3) is 0.844. The number of carboxylic acid groups (broad SMARTS) is 2. The molecular formula is C32H60N4O7. The molecule has 0 aromatic rings. The standard InChI is InChI=1S/C32H60N4O7/c1-2-24-35-31(41)26(33)19-17-18-25-34-28(37)23-22-27(32(42)43)36-29(38)20-15-13-11-9-7-5-3-4-6-8-10-12-14-16-21-30(39)40/h26-27H,2-25,33H2,1H3,(H,34,37)(H,35,41)(H,36,38)(H,39,40)(H,42,43)/t26-,27-/m0/s1. The molecule has 0 saturated heterocycles. The molecule has 0 aliphatic carbocycles. The van der Waals surface area contributed by atoms with Gasteiger partial charge in [-0.15, -0.1) is 0 Å². The van der Waals surface area contributed by atoms with E-state index in [9.17, 15) is 29.1 Å². The number of carboxylic acids is 2. The van der Waals surface area contributed by atoms with Gasteiger partial charge in [-0.25, -0.2) is 4.79 Å². The van der Waals surface area contributed by atoms with Crippen molar-refractivity contribution in [2.24, 2.45) is 5.73 Å². The highest BCUT2D eigenvalue weighted by Crippen LogP contribution is 2.14. The number of hydrogen-bond acceptors (Lipinski definition) is 6. The van der Waals surface area contributed by atoms with Crippen LogP contribution in [0.3, 0.4) is 0 Å². The lowest BCUT2D eigenvalue weighted by Gasteiger charge is -2.15. The van der Waals surface area contributed by atoms with Crippen LogP contribution in [-0.4, -0.2) is 65.0 Å². The molecule has 11 heteroatoms. The van der Waals surface area contributed by atoms with Crippen molar-refractivity contribution < 1.29 is 34.2 Å². The Balaban J connectivity index is 3.75. The summed E-state index contributed by atoms with van der Waals surface area (Å²) in [5.41, 5.74) is 5.85. The summed E-state index contributed by atoms with van der Waals surface area (Å²) in [6.07, 6.45) is 18.7. The normalized spacial score (nSPS) is 12.3. The minimum absolute atomic E-state index is 0.00474. The zero-order valence-electron chi connectivity index (χ0n) is 26.6. The van der Waals surface area contributed by atoms with Crippen LogP contribution in [0.2, 0.25) is 0 Å². The first-order valence-corrected chi connectivity index (χ1v) is 16.7. The van der Waals surface area contributed by atoms with E-state index in [2.05, 4.69) is 16.0 Å². The van der Waals surface area contributed by atoms with Gasteiger partial charge in [-0.05, 0) is 44.9 Å². The smallest absolute Gasteiger partial charge is 0.326 e. The van der Waals surface area contributed by atoms with Crippen LogP contribution >= 0.6 is 0 Å². The molecule has 43 heavy (non-hydrogen) atoms. The molecule has 7 N–H and O–H groups in total. The van der Waals surface area contributed by atoms with Crippen LogP contribution in [0.4, 0.5) is 0 Å². The van der Waals surface area contributed by atoms with Crippen LogP contribution in [0.5, 0.6) is 0 Å². The van der Waals surface area contributed by atoms with Crippen LogP contribution in [0.1, 0.15) is 148 Å². The topological polar surface area (TPSA) is 188 Å². The molecule has 2 atom stereocenters. The van der Waals surface area contributed by atoms with E-state index in [-0.39, 0.29) is 43.4 Å². The van der Waals surface area contributed by atoms with Crippen molar-refractivity contribution in [3.63, 3.8) is 0 Å². The molecule has 0 bridgehead atoms. The summed E-state index contributed by atoms with van der Waals surface area (Å²) >= 11 is 0. The summed E-state index contributed by atoms with van der Waals surface area (Å²) in [5.74, 6) is -2.58. The first kappa shape index (κ1) is 40.3. The molecule has 0 saturated carbocycles. The molecule has 250 valence electrons. The first-order valence-electron chi connectivity index (χ1n) is 16.7. The molecular weight excluding hydrogens is 552 g/mol. The zero-order chi connectivity index (χ0) is 32.1. The number of nitrogens with two attached hydrogens (primary N) is 1. The predicted octanol–water partition coefficient (Wildman–Crippen LogP) is 4.80. The number of aliphatic carboxylic acids is 2. The molecule has 0 radical (unpaired) electrons. The van der Waals surface area contributed by atoms with Gasteiger partial charge in [0.15, 0.2) is 0 Å². The Morgan fingerprint density at radius 1 is 0.581 bits per heavy atom. The molecule has 0 fully saturated rings. The van der Waals surface area contributed by atoms with E-state index in [1.807, 2.05) is 6.92 Å². The van der Waals surface area contributed by atoms with Crippen molar-refractivity contribution in [1.82, 2.24) is 16.0 Å². The van der Waals surface area contributed by atoms with E-state index in [4.69, 9.17) is 10.8 Å². The van der Waals surface area contributed by atoms with Gasteiger partial charge < -0.3 is 31.9 Å². The number of carbonyl (C=O) groups is 5. The van der Waals surface area contributed by atoms with Crippen LogP contribution < -0.4 is 21.7 Å². The summed E-state index contributed by atoms with van der Waals surface area (Å²) in [5, 5.41) is 26.1. The van der Waals surface area contributed by atoms with E-state index in [0.717, 1.165) is 51.4 Å². The van der Waals surface area contributed by atoms with Gasteiger partial charge in [0.1, 0.15) is 6.04 Å². The van der Waals surface area contributed by atoms with Gasteiger partial charge in [-0.1, -0.05) is 84.0 Å². The second-order valence-corrected chi connectivity index (χ2v) is 11.6. The number of amides is 3. The molecule has 0 aliphatic heterocycles. The Kier molecular flexibility index (Phi) is 26.3. The number of hydrogen-bond donors (Lipinski definition) is 6. The highest BCUT2D eigenvalue weighted by Gasteiger charge is 2.21. The highest BCUT2D eigenvalue weighted by molar-refractivity contribution is 5.84. The molecule has 3 amide bonds. The molecule has 0 unspecified atom stereocenters. The third-order valence-corrected chi connectivity index (χ3v) is 7.49. The molecule has 0 heterocycles. The maximum atomic E-state index is 12.2. The average Bonchev–Trinajstić information content (AvgIpc) is 2.97. The maximum absolute atomic E-state index is 12.2. The van der Waals surface area contributed by atoms with Gasteiger partial charge in [-0.2, -0.15) is 0 Å². The Morgan fingerprint density at radius 2 is 1.09 bits per heavy atom. The second kappa shape index (κ2) is 28.1. The van der Waals surface area contributed by atoms with Crippen LogP contribution in [-0.2, 0) is 24.0 Å². The fourth-order valence-electron chi connectivity index (χ4n) is 4.80. The van der Waals surface area contributed by atoms with Crippen molar-refractivity contribution in [3.8, 4) is 0 Å². The number of carbonyl (C=O) groups excluding carboxylic acids is 3. The third kappa shape index (κ3) is 26.7. The summed E-state index contributed by atoms with van der Waals surface area (Å²) in [7, 11) is 0. The minimum atomic E-state index is -1.15. The van der Waals surface area contributed by atoms with Crippen molar-refractivity contribution >= 4 is 29.7 Å². The second-order valence-electron chi connectivity index (χ2n) is 11.6. The van der Waals surface area contributed by atoms with Crippen LogP contribution in [0.25, 0.3) is 0 Å². The highest BCUT2D eigenvalue weighted by atomic mass is 16.4.